The van der Waals surface area contributed by atoms with E-state index in [9.17, 15) is 4.79 Å². The lowest BCUT2D eigenvalue weighted by Crippen LogP contribution is -2.44. The van der Waals surface area contributed by atoms with Gasteiger partial charge in [0.2, 0.25) is 0 Å². The summed E-state index contributed by atoms with van der Waals surface area (Å²) in [6.07, 6.45) is 12.6. The molecule has 1 saturated carbocycles. The van der Waals surface area contributed by atoms with Gasteiger partial charge in [0.25, 0.3) is 0 Å². The quantitative estimate of drug-likeness (QED) is 0.808. The molecule has 3 fully saturated rings. The summed E-state index contributed by atoms with van der Waals surface area (Å²) < 4.78 is 1.75. The highest BCUT2D eigenvalue weighted by atomic mass is 16.2. The smallest absolute Gasteiger partial charge is 0.317 e. The van der Waals surface area contributed by atoms with Gasteiger partial charge in [0.05, 0.1) is 0 Å². The molecule has 0 radical (unpaired) electrons. The summed E-state index contributed by atoms with van der Waals surface area (Å²) >= 11 is 0. The molecule has 2 aromatic heterocycles. The van der Waals surface area contributed by atoms with Gasteiger partial charge in [0, 0.05) is 62.5 Å². The van der Waals surface area contributed by atoms with Crippen LogP contribution < -0.4 is 10.2 Å². The summed E-state index contributed by atoms with van der Waals surface area (Å²) in [5, 5.41) is 7.55. The molecule has 3 aliphatic rings. The number of carbonyl (C=O) groups is 1. The van der Waals surface area contributed by atoms with Crippen molar-refractivity contribution in [3.63, 3.8) is 0 Å². The van der Waals surface area contributed by atoms with Gasteiger partial charge in [-0.2, -0.15) is 5.10 Å². The van der Waals surface area contributed by atoms with Crippen molar-refractivity contribution in [1.29, 1.82) is 0 Å². The van der Waals surface area contributed by atoms with Crippen LogP contribution in [0.4, 0.5) is 10.6 Å². The molecule has 1 aliphatic carbocycles. The Hall–Kier alpha value is -2.64. The first-order chi connectivity index (χ1) is 14.3. The molecule has 29 heavy (non-hydrogen) atoms. The lowest BCUT2D eigenvalue weighted by atomic mass is 10.0. The second-order valence-electron chi connectivity index (χ2n) is 8.65. The van der Waals surface area contributed by atoms with Crippen LogP contribution >= 0.6 is 0 Å². The molecule has 2 unspecified atom stereocenters. The van der Waals surface area contributed by atoms with Crippen LogP contribution in [0.5, 0.6) is 0 Å². The number of amides is 2. The maximum atomic E-state index is 12.8. The third kappa shape index (κ3) is 3.93. The van der Waals surface area contributed by atoms with E-state index in [2.05, 4.69) is 25.3 Å². The maximum Gasteiger partial charge on any atom is 0.317 e. The fourth-order valence-corrected chi connectivity index (χ4v) is 5.08. The second kappa shape index (κ2) is 8.00. The van der Waals surface area contributed by atoms with Crippen LogP contribution in [0, 0.1) is 11.8 Å². The molecule has 0 bridgehead atoms. The van der Waals surface area contributed by atoms with Crippen molar-refractivity contribution >= 4 is 11.8 Å². The highest BCUT2D eigenvalue weighted by Gasteiger charge is 2.42. The third-order valence-electron chi connectivity index (χ3n) is 6.66. The zero-order valence-corrected chi connectivity index (χ0v) is 16.8. The minimum Gasteiger partial charge on any atom is -0.356 e. The molecule has 2 amide bonds. The molecule has 4 heterocycles. The standard InChI is InChI=1S/C21H29N7O/c29-21(25-18-6-3-1-2-4-7-18)27-13-16-11-26(12-17(16)14-27)19-10-20(23-15-22-19)28-9-5-8-24-28/h5,8-10,15-18H,1-4,6-7,11-14H2,(H,25,29). The number of nitrogens with zero attached hydrogens (tertiary/aromatic N) is 6. The normalized spacial score (nSPS) is 25.1. The Bertz CT molecular complexity index is 817. The van der Waals surface area contributed by atoms with Gasteiger partial charge >= 0.3 is 6.03 Å². The van der Waals surface area contributed by atoms with Crippen molar-refractivity contribution in [3.05, 3.63) is 30.9 Å². The van der Waals surface area contributed by atoms with E-state index in [-0.39, 0.29) is 6.03 Å². The van der Waals surface area contributed by atoms with Crippen molar-refractivity contribution in [2.75, 3.05) is 31.1 Å². The van der Waals surface area contributed by atoms with E-state index in [1.165, 1.54) is 25.7 Å². The highest BCUT2D eigenvalue weighted by molar-refractivity contribution is 5.75. The average Bonchev–Trinajstić information content (AvgIpc) is 3.43. The summed E-state index contributed by atoms with van der Waals surface area (Å²) in [7, 11) is 0. The molecule has 2 aliphatic heterocycles. The molecule has 5 rings (SSSR count). The summed E-state index contributed by atoms with van der Waals surface area (Å²) in [6, 6.07) is 4.38. The highest BCUT2D eigenvalue weighted by Crippen LogP contribution is 2.33. The van der Waals surface area contributed by atoms with Gasteiger partial charge in [-0.05, 0) is 18.9 Å². The summed E-state index contributed by atoms with van der Waals surface area (Å²) in [5.41, 5.74) is 0. The van der Waals surface area contributed by atoms with Crippen LogP contribution in [-0.2, 0) is 0 Å². The molecule has 0 aromatic carbocycles. The number of hydrogen-bond donors (Lipinski definition) is 1. The summed E-state index contributed by atoms with van der Waals surface area (Å²) in [6.45, 7) is 3.56. The van der Waals surface area contributed by atoms with E-state index < -0.39 is 0 Å². The first-order valence-electron chi connectivity index (χ1n) is 10.9. The molecule has 2 saturated heterocycles. The summed E-state index contributed by atoms with van der Waals surface area (Å²) in [5.74, 6) is 2.74. The number of urea groups is 1. The SMILES string of the molecule is O=C(NC1CCCCCC1)N1CC2CN(c3cc(-n4cccn4)ncn3)CC2C1. The number of likely N-dealkylation sites (tertiary alicyclic amines) is 1. The van der Waals surface area contributed by atoms with E-state index in [0.717, 1.165) is 50.7 Å². The van der Waals surface area contributed by atoms with E-state index in [1.54, 1.807) is 17.2 Å². The number of carbonyl (C=O) groups excluding carboxylic acids is 1. The Morgan fingerprint density at radius 3 is 2.38 bits per heavy atom. The first kappa shape index (κ1) is 18.4. The fourth-order valence-electron chi connectivity index (χ4n) is 5.08. The Labute approximate surface area is 171 Å². The minimum atomic E-state index is 0.140. The topological polar surface area (TPSA) is 79.2 Å². The van der Waals surface area contributed by atoms with Gasteiger partial charge in [-0.15, -0.1) is 0 Å². The number of rotatable bonds is 3. The molecular weight excluding hydrogens is 366 g/mol. The van der Waals surface area contributed by atoms with Gasteiger partial charge in [-0.25, -0.2) is 19.4 Å². The van der Waals surface area contributed by atoms with E-state index in [4.69, 9.17) is 0 Å². The number of aromatic nitrogens is 4. The molecular formula is C21H29N7O. The van der Waals surface area contributed by atoms with Gasteiger partial charge < -0.3 is 15.1 Å². The van der Waals surface area contributed by atoms with Crippen molar-refractivity contribution < 1.29 is 4.79 Å². The number of hydrogen-bond acceptors (Lipinski definition) is 5. The molecule has 8 heteroatoms. The van der Waals surface area contributed by atoms with Crippen LogP contribution in [-0.4, -0.2) is 62.9 Å². The van der Waals surface area contributed by atoms with Gasteiger partial charge in [0.1, 0.15) is 12.1 Å². The second-order valence-corrected chi connectivity index (χ2v) is 8.65. The van der Waals surface area contributed by atoms with E-state index in [1.807, 2.05) is 23.2 Å². The van der Waals surface area contributed by atoms with Crippen molar-refractivity contribution in [1.82, 2.24) is 30.0 Å². The lowest BCUT2D eigenvalue weighted by molar-refractivity contribution is 0.200. The Morgan fingerprint density at radius 2 is 1.69 bits per heavy atom. The number of anilines is 1. The molecule has 2 atom stereocenters. The van der Waals surface area contributed by atoms with Crippen LogP contribution in [0.1, 0.15) is 38.5 Å². The predicted molar refractivity (Wildman–Crippen MR) is 110 cm³/mol. The Kier molecular flexibility index (Phi) is 5.08. The zero-order valence-electron chi connectivity index (χ0n) is 16.8. The van der Waals surface area contributed by atoms with Crippen LogP contribution in [0.3, 0.4) is 0 Å². The molecule has 8 nitrogen and oxygen atoms in total. The maximum absolute atomic E-state index is 12.8. The molecule has 2 aromatic rings. The van der Waals surface area contributed by atoms with Gasteiger partial charge in [0.15, 0.2) is 5.82 Å². The average molecular weight is 396 g/mol. The first-order valence-corrected chi connectivity index (χ1v) is 10.9. The van der Waals surface area contributed by atoms with Gasteiger partial charge in [-0.3, -0.25) is 0 Å². The lowest BCUT2D eigenvalue weighted by Gasteiger charge is -2.25. The fraction of sp³-hybridized carbons (Fsp3) is 0.619. The predicted octanol–water partition coefficient (Wildman–Crippen LogP) is 2.46. The van der Waals surface area contributed by atoms with E-state index >= 15 is 0 Å². The Morgan fingerprint density at radius 1 is 0.966 bits per heavy atom. The molecule has 154 valence electrons. The molecule has 0 spiro atoms. The van der Waals surface area contributed by atoms with Crippen LogP contribution in [0.2, 0.25) is 0 Å². The third-order valence-corrected chi connectivity index (χ3v) is 6.66. The minimum absolute atomic E-state index is 0.140. The van der Waals surface area contributed by atoms with E-state index in [0.29, 0.717) is 17.9 Å². The monoisotopic (exact) mass is 395 g/mol. The Balaban J connectivity index is 1.18. The van der Waals surface area contributed by atoms with Crippen LogP contribution in [0.25, 0.3) is 5.82 Å². The van der Waals surface area contributed by atoms with Crippen molar-refractivity contribution in [2.45, 2.75) is 44.6 Å². The zero-order chi connectivity index (χ0) is 19.6. The van der Waals surface area contributed by atoms with Crippen LogP contribution in [0.15, 0.2) is 30.9 Å². The van der Waals surface area contributed by atoms with Crippen molar-refractivity contribution in [2.24, 2.45) is 11.8 Å². The number of nitrogens with one attached hydrogen (secondary N) is 1. The number of fused-ring (bicyclic) bond motifs is 1. The van der Waals surface area contributed by atoms with Crippen molar-refractivity contribution in [3.8, 4) is 5.82 Å². The molecule has 1 N–H and O–H groups in total. The summed E-state index contributed by atoms with van der Waals surface area (Å²) in [4.78, 5) is 25.9. The largest absolute Gasteiger partial charge is 0.356 e. The van der Waals surface area contributed by atoms with Gasteiger partial charge in [-0.1, -0.05) is 25.7 Å².